The molecular formula is C14H18O3. The summed E-state index contributed by atoms with van der Waals surface area (Å²) in [5, 5.41) is 19.3. The SMILES string of the molecule is C=C[C@@H](O)C(OCc1ccccc1)[C@@H](O)C=C. The molecule has 0 saturated carbocycles. The molecule has 0 saturated heterocycles. The molecule has 0 heterocycles. The molecular weight excluding hydrogens is 216 g/mol. The Bertz CT molecular complexity index is 334. The number of rotatable bonds is 7. The van der Waals surface area contributed by atoms with Gasteiger partial charge in [0, 0.05) is 0 Å². The Morgan fingerprint density at radius 1 is 1.06 bits per heavy atom. The second-order valence-electron chi connectivity index (χ2n) is 3.71. The van der Waals surface area contributed by atoms with Crippen molar-refractivity contribution in [3.63, 3.8) is 0 Å². The molecule has 3 heteroatoms. The van der Waals surface area contributed by atoms with E-state index in [4.69, 9.17) is 4.74 Å². The summed E-state index contributed by atoms with van der Waals surface area (Å²) in [7, 11) is 0. The zero-order chi connectivity index (χ0) is 12.7. The number of aliphatic hydroxyl groups is 2. The summed E-state index contributed by atoms with van der Waals surface area (Å²) in [6.07, 6.45) is 0.0775. The van der Waals surface area contributed by atoms with E-state index in [2.05, 4.69) is 13.2 Å². The molecule has 0 bridgehead atoms. The van der Waals surface area contributed by atoms with E-state index in [-0.39, 0.29) is 0 Å². The average molecular weight is 234 g/mol. The largest absolute Gasteiger partial charge is 0.386 e. The Morgan fingerprint density at radius 2 is 1.59 bits per heavy atom. The third kappa shape index (κ3) is 4.15. The van der Waals surface area contributed by atoms with Crippen LogP contribution in [-0.2, 0) is 11.3 Å². The first kappa shape index (κ1) is 13.6. The quantitative estimate of drug-likeness (QED) is 0.705. The molecule has 3 nitrogen and oxygen atoms in total. The summed E-state index contributed by atoms with van der Waals surface area (Å²) in [5.74, 6) is 0. The fourth-order valence-electron chi connectivity index (χ4n) is 1.43. The Kier molecular flexibility index (Phi) is 5.63. The molecule has 0 amide bonds. The van der Waals surface area contributed by atoms with E-state index in [0.717, 1.165) is 5.56 Å². The normalized spacial score (nSPS) is 15.9. The zero-order valence-corrected chi connectivity index (χ0v) is 9.70. The fourth-order valence-corrected chi connectivity index (χ4v) is 1.43. The first-order valence-corrected chi connectivity index (χ1v) is 5.45. The van der Waals surface area contributed by atoms with Crippen LogP contribution in [0.2, 0.25) is 0 Å². The van der Waals surface area contributed by atoms with E-state index in [9.17, 15) is 10.2 Å². The van der Waals surface area contributed by atoms with Gasteiger partial charge in [-0.15, -0.1) is 13.2 Å². The molecule has 0 fully saturated rings. The summed E-state index contributed by atoms with van der Waals surface area (Å²) in [6, 6.07) is 9.55. The molecule has 1 aromatic carbocycles. The summed E-state index contributed by atoms with van der Waals surface area (Å²) >= 11 is 0. The number of hydrogen-bond acceptors (Lipinski definition) is 3. The van der Waals surface area contributed by atoms with Gasteiger partial charge in [-0.25, -0.2) is 0 Å². The van der Waals surface area contributed by atoms with Crippen molar-refractivity contribution in [1.29, 1.82) is 0 Å². The third-order valence-corrected chi connectivity index (χ3v) is 2.44. The van der Waals surface area contributed by atoms with Crippen molar-refractivity contribution in [2.75, 3.05) is 0 Å². The Morgan fingerprint density at radius 3 is 2.06 bits per heavy atom. The van der Waals surface area contributed by atoms with Gasteiger partial charge in [-0.2, -0.15) is 0 Å². The number of aliphatic hydroxyl groups excluding tert-OH is 2. The molecule has 1 unspecified atom stereocenters. The lowest BCUT2D eigenvalue weighted by Gasteiger charge is -2.24. The van der Waals surface area contributed by atoms with Crippen LogP contribution < -0.4 is 0 Å². The van der Waals surface area contributed by atoms with Gasteiger partial charge < -0.3 is 14.9 Å². The topological polar surface area (TPSA) is 49.7 Å². The van der Waals surface area contributed by atoms with Crippen molar-refractivity contribution in [3.05, 3.63) is 61.2 Å². The highest BCUT2D eigenvalue weighted by Gasteiger charge is 2.23. The fraction of sp³-hybridized carbons (Fsp3) is 0.286. The van der Waals surface area contributed by atoms with E-state index in [1.807, 2.05) is 30.3 Å². The molecule has 92 valence electrons. The van der Waals surface area contributed by atoms with Gasteiger partial charge in [-0.05, 0) is 5.56 Å². The minimum Gasteiger partial charge on any atom is -0.386 e. The van der Waals surface area contributed by atoms with Crippen molar-refractivity contribution in [3.8, 4) is 0 Å². The third-order valence-electron chi connectivity index (χ3n) is 2.44. The molecule has 3 atom stereocenters. The van der Waals surface area contributed by atoms with Crippen LogP contribution in [-0.4, -0.2) is 28.5 Å². The van der Waals surface area contributed by atoms with Crippen LogP contribution in [0, 0.1) is 0 Å². The lowest BCUT2D eigenvalue weighted by Crippen LogP contribution is -2.37. The summed E-state index contributed by atoms with van der Waals surface area (Å²) < 4.78 is 5.49. The minimum absolute atomic E-state index is 0.321. The zero-order valence-electron chi connectivity index (χ0n) is 9.70. The predicted molar refractivity (Wildman–Crippen MR) is 67.4 cm³/mol. The van der Waals surface area contributed by atoms with Crippen LogP contribution in [0.5, 0.6) is 0 Å². The molecule has 1 aromatic rings. The first-order chi connectivity index (χ1) is 8.19. The number of benzene rings is 1. The van der Waals surface area contributed by atoms with Crippen molar-refractivity contribution in [2.45, 2.75) is 24.9 Å². The van der Waals surface area contributed by atoms with Crippen LogP contribution in [0.3, 0.4) is 0 Å². The van der Waals surface area contributed by atoms with Gasteiger partial charge in [0.1, 0.15) is 18.3 Å². The molecule has 0 aliphatic heterocycles. The van der Waals surface area contributed by atoms with Gasteiger partial charge in [0.25, 0.3) is 0 Å². The van der Waals surface area contributed by atoms with Gasteiger partial charge in [-0.3, -0.25) is 0 Å². The summed E-state index contributed by atoms with van der Waals surface area (Å²) in [4.78, 5) is 0. The maximum absolute atomic E-state index is 9.65. The highest BCUT2D eigenvalue weighted by atomic mass is 16.5. The van der Waals surface area contributed by atoms with E-state index < -0.39 is 18.3 Å². The van der Waals surface area contributed by atoms with E-state index in [1.54, 1.807) is 0 Å². The molecule has 0 aromatic heterocycles. The van der Waals surface area contributed by atoms with Gasteiger partial charge in [0.2, 0.25) is 0 Å². The van der Waals surface area contributed by atoms with Gasteiger partial charge in [0.15, 0.2) is 0 Å². The molecule has 17 heavy (non-hydrogen) atoms. The lowest BCUT2D eigenvalue weighted by atomic mass is 10.1. The number of hydrogen-bond donors (Lipinski definition) is 2. The van der Waals surface area contributed by atoms with Crippen molar-refractivity contribution >= 4 is 0 Å². The van der Waals surface area contributed by atoms with E-state index in [0.29, 0.717) is 6.61 Å². The molecule has 0 spiro atoms. The van der Waals surface area contributed by atoms with E-state index in [1.165, 1.54) is 12.2 Å². The van der Waals surface area contributed by atoms with Crippen LogP contribution in [0.4, 0.5) is 0 Å². The molecule has 0 aliphatic carbocycles. The van der Waals surface area contributed by atoms with Crippen LogP contribution in [0.1, 0.15) is 5.56 Å². The smallest absolute Gasteiger partial charge is 0.117 e. The Labute approximate surface area is 102 Å². The van der Waals surface area contributed by atoms with Gasteiger partial charge in [0.05, 0.1) is 6.61 Å². The highest BCUT2D eigenvalue weighted by molar-refractivity contribution is 5.13. The first-order valence-electron chi connectivity index (χ1n) is 5.45. The molecule has 2 N–H and O–H groups in total. The summed E-state index contributed by atoms with van der Waals surface area (Å²) in [6.45, 7) is 7.28. The molecule has 0 radical (unpaired) electrons. The van der Waals surface area contributed by atoms with Crippen LogP contribution >= 0.6 is 0 Å². The van der Waals surface area contributed by atoms with Crippen LogP contribution in [0.15, 0.2) is 55.6 Å². The average Bonchev–Trinajstić information content (AvgIpc) is 2.39. The van der Waals surface area contributed by atoms with Gasteiger partial charge >= 0.3 is 0 Å². The maximum atomic E-state index is 9.65. The predicted octanol–water partition coefficient (Wildman–Crippen LogP) is 1.67. The van der Waals surface area contributed by atoms with Crippen LogP contribution in [0.25, 0.3) is 0 Å². The molecule has 1 rings (SSSR count). The lowest BCUT2D eigenvalue weighted by molar-refractivity contribution is -0.0772. The minimum atomic E-state index is -0.924. The second-order valence-corrected chi connectivity index (χ2v) is 3.71. The Balaban J connectivity index is 2.61. The highest BCUT2D eigenvalue weighted by Crippen LogP contribution is 2.11. The Hall–Kier alpha value is -1.42. The van der Waals surface area contributed by atoms with Crippen molar-refractivity contribution < 1.29 is 14.9 Å². The second kappa shape index (κ2) is 7.01. The van der Waals surface area contributed by atoms with E-state index >= 15 is 0 Å². The van der Waals surface area contributed by atoms with Crippen molar-refractivity contribution in [1.82, 2.24) is 0 Å². The standard InChI is InChI=1S/C14H18O3/c1-3-12(15)14(13(16)4-2)17-10-11-8-6-5-7-9-11/h3-9,12-16H,1-2,10H2/t12-,13+,14?. The summed E-state index contributed by atoms with van der Waals surface area (Å²) in [5.41, 5.74) is 0.977. The van der Waals surface area contributed by atoms with Gasteiger partial charge in [-0.1, -0.05) is 42.5 Å². The number of ether oxygens (including phenoxy) is 1. The molecule has 0 aliphatic rings. The maximum Gasteiger partial charge on any atom is 0.117 e. The monoisotopic (exact) mass is 234 g/mol. The van der Waals surface area contributed by atoms with Crippen molar-refractivity contribution in [2.24, 2.45) is 0 Å².